The molecule has 3 N–H and O–H groups in total. The van der Waals surface area contributed by atoms with Crippen molar-refractivity contribution in [2.24, 2.45) is 5.92 Å². The van der Waals surface area contributed by atoms with Crippen LogP contribution in [0, 0.1) is 5.92 Å². The van der Waals surface area contributed by atoms with Crippen molar-refractivity contribution in [3.8, 4) is 11.3 Å². The minimum absolute atomic E-state index is 0.0178. The third-order valence-electron chi connectivity index (χ3n) is 13.3. The Bertz CT molecular complexity index is 2220. The van der Waals surface area contributed by atoms with E-state index in [4.69, 9.17) is 9.97 Å². The third kappa shape index (κ3) is 8.22. The Morgan fingerprint density at radius 2 is 1.24 bits per heavy atom. The number of likely N-dealkylation sites (tertiary alicyclic amines) is 2. The molecule has 2 saturated carbocycles. The quantitative estimate of drug-likeness (QED) is 0.117. The van der Waals surface area contributed by atoms with Crippen molar-refractivity contribution < 1.29 is 14.4 Å². The number of hydrogen-bond acceptors (Lipinski definition) is 6. The van der Waals surface area contributed by atoms with Gasteiger partial charge >= 0.3 is 0 Å². The molecule has 4 atom stereocenters. The van der Waals surface area contributed by atoms with Gasteiger partial charge in [-0.2, -0.15) is 0 Å². The van der Waals surface area contributed by atoms with Gasteiger partial charge in [-0.1, -0.05) is 84.9 Å². The number of hydrogen-bond donors (Lipinski definition) is 3. The van der Waals surface area contributed by atoms with E-state index < -0.39 is 6.04 Å². The molecule has 4 fully saturated rings. The number of rotatable bonds is 12. The summed E-state index contributed by atoms with van der Waals surface area (Å²) < 4.78 is 0. The Morgan fingerprint density at radius 1 is 0.661 bits per heavy atom. The second-order valence-electron chi connectivity index (χ2n) is 17.4. The number of nitrogens with one attached hydrogen (secondary N) is 3. The zero-order valence-corrected chi connectivity index (χ0v) is 34.2. The van der Waals surface area contributed by atoms with Gasteiger partial charge in [0.05, 0.1) is 24.0 Å². The van der Waals surface area contributed by atoms with E-state index in [0.29, 0.717) is 18.4 Å². The molecule has 4 aliphatic rings. The number of carbonyl (C=O) groups excluding carboxylic acids is 3. The van der Waals surface area contributed by atoms with Crippen molar-refractivity contribution in [2.45, 2.75) is 100 Å². The first-order valence-electron chi connectivity index (χ1n) is 21.7. The van der Waals surface area contributed by atoms with Gasteiger partial charge in [0.25, 0.3) is 0 Å². The third-order valence-corrected chi connectivity index (χ3v) is 13.3. The summed E-state index contributed by atoms with van der Waals surface area (Å²) in [6.07, 6.45) is 13.7. The summed E-state index contributed by atoms with van der Waals surface area (Å²) in [5.74, 6) is 2.67. The predicted molar refractivity (Wildman–Crippen MR) is 227 cm³/mol. The van der Waals surface area contributed by atoms with Gasteiger partial charge < -0.3 is 25.1 Å². The summed E-state index contributed by atoms with van der Waals surface area (Å²) in [6.45, 7) is 1.38. The molecule has 3 aromatic carbocycles. The van der Waals surface area contributed by atoms with Crippen LogP contribution < -0.4 is 5.32 Å². The van der Waals surface area contributed by atoms with E-state index in [1.165, 1.54) is 11.3 Å². The van der Waals surface area contributed by atoms with E-state index in [1.54, 1.807) is 0 Å². The smallest absolute Gasteiger partial charge is 0.250 e. The van der Waals surface area contributed by atoms with Crippen LogP contribution in [0.25, 0.3) is 11.3 Å². The molecule has 9 rings (SSSR count). The number of aromatic amines is 2. The van der Waals surface area contributed by atoms with Crippen LogP contribution in [0.3, 0.4) is 0 Å². The van der Waals surface area contributed by atoms with Crippen LogP contribution in [-0.4, -0.2) is 79.5 Å². The van der Waals surface area contributed by atoms with Gasteiger partial charge in [0.15, 0.2) is 0 Å². The SMILES string of the molecule is CN(C)[C@@H](C(=O)N1CCC[C@H]1c1ncc(C2CCC(c3ccc(-c4cnc([C@@H]5CCCN5C(=O)[C@H](NC(=O)C5CC5)c5ccccc5)[nH]4)cc3)CC2)[nH]1)c1ccccc1. The maximum atomic E-state index is 14.1. The standard InChI is InChI=1S/C48H56N8O3/c1-54(2)43(36-13-7-4-8-14-36)48(59)56-28-10-16-41(56)45-50-30-39(52-45)34-23-19-32(20-24-34)31-17-21-33(22-18-31)38-29-49-44(51-38)40-15-9-27-55(40)47(58)42(35-11-5-3-6-12-35)53-46(57)37-25-26-37/h3-8,11-14,17-18,21-22,29-30,32,34,37,40-43H,9-10,15-16,19-20,23-28H2,1-2H3,(H,49,51)(H,50,52)(H,53,57)/t32?,34?,40-,41-,42+,43+/m0/s1. The predicted octanol–water partition coefficient (Wildman–Crippen LogP) is 8.14. The zero-order chi connectivity index (χ0) is 40.5. The second-order valence-corrected chi connectivity index (χ2v) is 17.4. The lowest BCUT2D eigenvalue weighted by Gasteiger charge is -2.31. The molecule has 306 valence electrons. The lowest BCUT2D eigenvalue weighted by atomic mass is 9.77. The lowest BCUT2D eigenvalue weighted by Crippen LogP contribution is -2.43. The topological polar surface area (TPSA) is 130 Å². The van der Waals surface area contributed by atoms with Gasteiger partial charge in [0.1, 0.15) is 23.7 Å². The molecular formula is C48H56N8O3. The summed E-state index contributed by atoms with van der Waals surface area (Å²) in [6, 6.07) is 27.3. The number of H-pyrrole nitrogens is 2. The van der Waals surface area contributed by atoms with Gasteiger partial charge in [0, 0.05) is 36.8 Å². The highest BCUT2D eigenvalue weighted by Gasteiger charge is 2.40. The number of likely N-dealkylation sites (N-methyl/N-ethyl adjacent to an activating group) is 1. The van der Waals surface area contributed by atoms with E-state index in [-0.39, 0.29) is 41.8 Å². The monoisotopic (exact) mass is 792 g/mol. The average molecular weight is 793 g/mol. The van der Waals surface area contributed by atoms with Crippen molar-refractivity contribution in [3.05, 3.63) is 131 Å². The Balaban J connectivity index is 0.812. The molecular weight excluding hydrogens is 737 g/mol. The largest absolute Gasteiger partial charge is 0.344 e. The molecule has 2 aromatic heterocycles. The van der Waals surface area contributed by atoms with Crippen molar-refractivity contribution >= 4 is 17.7 Å². The van der Waals surface area contributed by atoms with Crippen LogP contribution in [0.1, 0.15) is 134 Å². The normalized spacial score (nSPS) is 23.0. The van der Waals surface area contributed by atoms with E-state index in [9.17, 15) is 14.4 Å². The lowest BCUT2D eigenvalue weighted by molar-refractivity contribution is -0.138. The maximum Gasteiger partial charge on any atom is 0.250 e. The molecule has 2 saturated heterocycles. The number of amides is 3. The van der Waals surface area contributed by atoms with Crippen molar-refractivity contribution in [3.63, 3.8) is 0 Å². The van der Waals surface area contributed by atoms with Crippen LogP contribution >= 0.6 is 0 Å². The number of aromatic nitrogens is 4. The summed E-state index contributed by atoms with van der Waals surface area (Å²) in [4.78, 5) is 63.7. The molecule has 4 heterocycles. The average Bonchev–Trinajstić information content (AvgIpc) is 3.71. The first kappa shape index (κ1) is 38.9. The van der Waals surface area contributed by atoms with E-state index >= 15 is 0 Å². The molecule has 11 heteroatoms. The first-order chi connectivity index (χ1) is 28.8. The van der Waals surface area contributed by atoms with Gasteiger partial charge in [0.2, 0.25) is 17.7 Å². The number of benzene rings is 3. The van der Waals surface area contributed by atoms with E-state index in [0.717, 1.165) is 105 Å². The van der Waals surface area contributed by atoms with Crippen LogP contribution in [0.15, 0.2) is 97.3 Å². The fourth-order valence-corrected chi connectivity index (χ4v) is 9.84. The van der Waals surface area contributed by atoms with Gasteiger partial charge in [-0.15, -0.1) is 0 Å². The second kappa shape index (κ2) is 17.0. The molecule has 0 bridgehead atoms. The molecule has 11 nitrogen and oxygen atoms in total. The summed E-state index contributed by atoms with van der Waals surface area (Å²) in [5, 5.41) is 3.07. The van der Waals surface area contributed by atoms with Crippen LogP contribution in [0.5, 0.6) is 0 Å². The molecule has 3 amide bonds. The maximum absolute atomic E-state index is 14.1. The van der Waals surface area contributed by atoms with Crippen LogP contribution in [-0.2, 0) is 14.4 Å². The highest BCUT2D eigenvalue weighted by molar-refractivity contribution is 5.90. The van der Waals surface area contributed by atoms with Gasteiger partial charge in [-0.05, 0) is 106 Å². The molecule has 0 radical (unpaired) electrons. The number of nitrogens with zero attached hydrogens (tertiary/aromatic N) is 5. The Kier molecular flexibility index (Phi) is 11.2. The van der Waals surface area contributed by atoms with Gasteiger partial charge in [-0.3, -0.25) is 19.3 Å². The molecule has 5 aromatic rings. The highest BCUT2D eigenvalue weighted by Crippen LogP contribution is 2.42. The van der Waals surface area contributed by atoms with Gasteiger partial charge in [-0.25, -0.2) is 9.97 Å². The summed E-state index contributed by atoms with van der Waals surface area (Å²) in [5.41, 5.74) is 6.38. The summed E-state index contributed by atoms with van der Waals surface area (Å²) in [7, 11) is 3.95. The Morgan fingerprint density at radius 3 is 1.86 bits per heavy atom. The minimum Gasteiger partial charge on any atom is -0.344 e. The molecule has 59 heavy (non-hydrogen) atoms. The van der Waals surface area contributed by atoms with E-state index in [2.05, 4.69) is 39.6 Å². The molecule has 0 unspecified atom stereocenters. The van der Waals surface area contributed by atoms with Crippen LogP contribution in [0.2, 0.25) is 0 Å². The number of imidazole rings is 2. The van der Waals surface area contributed by atoms with Crippen LogP contribution in [0.4, 0.5) is 0 Å². The summed E-state index contributed by atoms with van der Waals surface area (Å²) >= 11 is 0. The van der Waals surface area contributed by atoms with Crippen molar-refractivity contribution in [1.82, 2.24) is 40.0 Å². The number of carbonyl (C=O) groups is 3. The van der Waals surface area contributed by atoms with E-state index in [1.807, 2.05) is 102 Å². The highest BCUT2D eigenvalue weighted by atomic mass is 16.2. The Labute approximate surface area is 347 Å². The molecule has 2 aliphatic heterocycles. The molecule has 0 spiro atoms. The fourth-order valence-electron chi connectivity index (χ4n) is 9.84. The molecule has 2 aliphatic carbocycles. The first-order valence-corrected chi connectivity index (χ1v) is 21.7. The van der Waals surface area contributed by atoms with Crippen molar-refractivity contribution in [2.75, 3.05) is 27.2 Å². The van der Waals surface area contributed by atoms with Crippen molar-refractivity contribution in [1.29, 1.82) is 0 Å². The Hall–Kier alpha value is -5.55. The fraction of sp³-hybridized carbons (Fsp3) is 0.438. The zero-order valence-electron chi connectivity index (χ0n) is 34.2. The minimum atomic E-state index is -0.708.